The van der Waals surface area contributed by atoms with E-state index in [4.69, 9.17) is 9.47 Å². The van der Waals surface area contributed by atoms with E-state index in [2.05, 4.69) is 17.2 Å². The average Bonchev–Trinajstić information content (AvgIpc) is 3.73. The molecule has 1 heterocycles. The van der Waals surface area contributed by atoms with Gasteiger partial charge in [-0.05, 0) is 50.4 Å². The van der Waals surface area contributed by atoms with Crippen molar-refractivity contribution in [2.75, 3.05) is 45.9 Å². The van der Waals surface area contributed by atoms with Crippen LogP contribution in [0, 0.1) is 35.0 Å². The molecule has 0 bridgehead atoms. The number of aliphatic carboxylic acids is 1. The fraction of sp³-hybridized carbons (Fsp3) is 0.769. The van der Waals surface area contributed by atoms with E-state index in [1.165, 1.54) is 0 Å². The molecule has 10 heteroatoms. The molecule has 0 aromatic rings. The van der Waals surface area contributed by atoms with E-state index in [0.717, 1.165) is 38.5 Å². The molecule has 1 saturated heterocycles. The lowest BCUT2D eigenvalue weighted by Crippen LogP contribution is -2.57. The third kappa shape index (κ3) is 6.90. The van der Waals surface area contributed by atoms with Crippen LogP contribution in [-0.4, -0.2) is 90.8 Å². The molecule has 2 saturated carbocycles. The quantitative estimate of drug-likeness (QED) is 0.339. The minimum Gasteiger partial charge on any atom is -0.480 e. The van der Waals surface area contributed by atoms with Crippen molar-refractivity contribution >= 4 is 23.9 Å². The molecule has 36 heavy (non-hydrogen) atoms. The summed E-state index contributed by atoms with van der Waals surface area (Å²) >= 11 is 0. The van der Waals surface area contributed by atoms with Gasteiger partial charge < -0.3 is 24.8 Å². The summed E-state index contributed by atoms with van der Waals surface area (Å²) in [6.07, 6.45) is 5.17. The van der Waals surface area contributed by atoms with Crippen LogP contribution in [0.4, 0.5) is 4.79 Å². The molecule has 1 unspecified atom stereocenters. The number of piperazine rings is 1. The number of amides is 2. The maximum absolute atomic E-state index is 12.8. The summed E-state index contributed by atoms with van der Waals surface area (Å²) < 4.78 is 10.9. The normalized spacial score (nSPS) is 28.3. The number of rotatable bonds is 10. The summed E-state index contributed by atoms with van der Waals surface area (Å²) in [5.74, 6) is 6.59. The Morgan fingerprint density at radius 1 is 1.03 bits per heavy atom. The summed E-state index contributed by atoms with van der Waals surface area (Å²) in [6.45, 7) is 3.32. The molecule has 10 nitrogen and oxygen atoms in total. The van der Waals surface area contributed by atoms with Crippen LogP contribution in [0.3, 0.4) is 0 Å². The van der Waals surface area contributed by atoms with Gasteiger partial charge in [-0.15, -0.1) is 11.8 Å². The van der Waals surface area contributed by atoms with Gasteiger partial charge in [-0.2, -0.15) is 0 Å². The number of hydrogen-bond acceptors (Lipinski definition) is 7. The predicted octanol–water partition coefficient (Wildman–Crippen LogP) is 1.48. The monoisotopic (exact) mass is 503 g/mol. The van der Waals surface area contributed by atoms with Crippen molar-refractivity contribution in [2.24, 2.45) is 23.2 Å². The molecule has 1 aliphatic heterocycles. The number of alkyl carbamates (subject to hydrolysis) is 1. The highest BCUT2D eigenvalue weighted by molar-refractivity contribution is 5.79. The molecule has 0 radical (unpaired) electrons. The van der Waals surface area contributed by atoms with Crippen LogP contribution >= 0.6 is 0 Å². The van der Waals surface area contributed by atoms with Gasteiger partial charge in [0.25, 0.3) is 0 Å². The van der Waals surface area contributed by atoms with Crippen molar-refractivity contribution in [2.45, 2.75) is 57.9 Å². The van der Waals surface area contributed by atoms with Gasteiger partial charge in [-0.1, -0.05) is 0 Å². The predicted molar refractivity (Wildman–Crippen MR) is 129 cm³/mol. The van der Waals surface area contributed by atoms with Gasteiger partial charge in [-0.25, -0.2) is 4.79 Å². The molecule has 0 aromatic carbocycles. The number of nitrogens with zero attached hydrogens (tertiary/aromatic N) is 2. The zero-order valence-electron chi connectivity index (χ0n) is 21.0. The molecule has 0 spiro atoms. The molecule has 2 N–H and O–H groups in total. The first-order chi connectivity index (χ1) is 17.3. The summed E-state index contributed by atoms with van der Waals surface area (Å²) in [7, 11) is 0. The van der Waals surface area contributed by atoms with Crippen molar-refractivity contribution in [1.29, 1.82) is 0 Å². The van der Waals surface area contributed by atoms with Crippen LogP contribution in [0.25, 0.3) is 0 Å². The van der Waals surface area contributed by atoms with Gasteiger partial charge in [0.15, 0.2) is 0 Å². The van der Waals surface area contributed by atoms with Gasteiger partial charge in [-0.3, -0.25) is 19.3 Å². The molecule has 3 fully saturated rings. The van der Waals surface area contributed by atoms with E-state index in [0.29, 0.717) is 37.5 Å². The van der Waals surface area contributed by atoms with E-state index in [1.807, 2.05) is 6.92 Å². The molecule has 3 aliphatic carbocycles. The number of carbonyl (C=O) groups excluding carboxylic acids is 3. The lowest BCUT2D eigenvalue weighted by Gasteiger charge is -2.40. The van der Waals surface area contributed by atoms with Crippen LogP contribution in [-0.2, 0) is 23.9 Å². The van der Waals surface area contributed by atoms with Crippen LogP contribution in [0.1, 0.15) is 51.9 Å². The fourth-order valence-corrected chi connectivity index (χ4v) is 5.33. The zero-order valence-corrected chi connectivity index (χ0v) is 21.0. The van der Waals surface area contributed by atoms with E-state index in [-0.39, 0.29) is 50.6 Å². The highest BCUT2D eigenvalue weighted by Crippen LogP contribution is 2.52. The third-order valence-corrected chi connectivity index (χ3v) is 8.05. The largest absolute Gasteiger partial charge is 0.480 e. The topological polar surface area (TPSA) is 125 Å². The van der Waals surface area contributed by atoms with Crippen molar-refractivity contribution < 1.29 is 33.8 Å². The second kappa shape index (κ2) is 11.5. The molecular formula is C26H37N3O7. The first kappa shape index (κ1) is 26.3. The standard InChI is InChI=1S/C26H37N3O7/c1-26(9-10-26)24(33)35-16-18-14-29(13-12-28(18)15-23(31)32)22(30)8-11-27-25(34)36-17-21-19-6-4-2-3-5-7-20(19)21/h18-21H,4-17H2,1H3,(H,27,34)(H,31,32)/t18?,19-,20+,21+. The van der Waals surface area contributed by atoms with E-state index in [9.17, 15) is 24.3 Å². The van der Waals surface area contributed by atoms with Crippen LogP contribution in [0.2, 0.25) is 0 Å². The van der Waals surface area contributed by atoms with Gasteiger partial charge >= 0.3 is 18.0 Å². The number of fused-ring (bicyclic) bond motifs is 1. The van der Waals surface area contributed by atoms with Crippen molar-refractivity contribution in [3.8, 4) is 11.8 Å². The van der Waals surface area contributed by atoms with Crippen molar-refractivity contribution in [3.63, 3.8) is 0 Å². The summed E-state index contributed by atoms with van der Waals surface area (Å²) in [5.41, 5.74) is -0.424. The lowest BCUT2D eigenvalue weighted by atomic mass is 10.1. The first-order valence-electron chi connectivity index (χ1n) is 13.0. The average molecular weight is 504 g/mol. The molecule has 0 aromatic heterocycles. The van der Waals surface area contributed by atoms with E-state index < -0.39 is 17.5 Å². The number of ether oxygens (including phenoxy) is 2. The first-order valence-corrected chi connectivity index (χ1v) is 13.0. The Hall–Kier alpha value is -2.80. The maximum atomic E-state index is 12.8. The van der Waals surface area contributed by atoms with Crippen LogP contribution in [0.15, 0.2) is 0 Å². The smallest absolute Gasteiger partial charge is 0.407 e. The zero-order chi connectivity index (χ0) is 25.7. The summed E-state index contributed by atoms with van der Waals surface area (Å²) in [5, 5.41) is 11.9. The van der Waals surface area contributed by atoms with Crippen LogP contribution < -0.4 is 5.32 Å². The molecule has 4 aliphatic rings. The molecule has 198 valence electrons. The number of nitrogens with one attached hydrogen (secondary N) is 1. The second-order valence-electron chi connectivity index (χ2n) is 10.7. The summed E-state index contributed by atoms with van der Waals surface area (Å²) in [6, 6.07) is -0.385. The second-order valence-corrected chi connectivity index (χ2v) is 10.7. The Morgan fingerprint density at radius 2 is 1.72 bits per heavy atom. The molecule has 4 rings (SSSR count). The number of carboxylic acids is 1. The molecule has 2 amide bonds. The molecule has 4 atom stereocenters. The Bertz CT molecular complexity index is 904. The Morgan fingerprint density at radius 3 is 2.36 bits per heavy atom. The SMILES string of the molecule is CC1(C(=O)OCC2CN(C(=O)CCNC(=O)OC[C@H]3[C@@H]4CCC#CCC[C@@H]43)CCN2CC(=O)O)CC1. The number of carboxylic acid groups (broad SMARTS) is 1. The Labute approximate surface area is 212 Å². The van der Waals surface area contributed by atoms with Gasteiger partial charge in [0.05, 0.1) is 24.6 Å². The highest BCUT2D eigenvalue weighted by atomic mass is 16.5. The fourth-order valence-electron chi connectivity index (χ4n) is 5.33. The van der Waals surface area contributed by atoms with Gasteiger partial charge in [0, 0.05) is 45.4 Å². The van der Waals surface area contributed by atoms with Crippen LogP contribution in [0.5, 0.6) is 0 Å². The Kier molecular flexibility index (Phi) is 8.39. The number of carbonyl (C=O) groups is 4. The number of esters is 1. The lowest BCUT2D eigenvalue weighted by molar-refractivity contribution is -0.153. The molecular weight excluding hydrogens is 466 g/mol. The highest BCUT2D eigenvalue weighted by Gasteiger charge is 2.49. The minimum atomic E-state index is -0.965. The Balaban J connectivity index is 1.16. The van der Waals surface area contributed by atoms with Gasteiger partial charge in [0.2, 0.25) is 5.91 Å². The van der Waals surface area contributed by atoms with E-state index >= 15 is 0 Å². The van der Waals surface area contributed by atoms with Crippen molar-refractivity contribution in [1.82, 2.24) is 15.1 Å². The van der Waals surface area contributed by atoms with E-state index in [1.54, 1.807) is 9.80 Å². The number of hydrogen-bond donors (Lipinski definition) is 2. The minimum absolute atomic E-state index is 0.0470. The van der Waals surface area contributed by atoms with Gasteiger partial charge in [0.1, 0.15) is 6.61 Å². The van der Waals surface area contributed by atoms with Crippen molar-refractivity contribution in [3.05, 3.63) is 0 Å². The third-order valence-electron chi connectivity index (χ3n) is 8.05. The maximum Gasteiger partial charge on any atom is 0.407 e. The summed E-state index contributed by atoms with van der Waals surface area (Å²) in [4.78, 5) is 51.7.